The number of aromatic nitrogens is 3. The molecule has 7 heteroatoms. The third-order valence-corrected chi connectivity index (χ3v) is 6.41. The van der Waals surface area contributed by atoms with Crippen molar-refractivity contribution >= 4 is 11.7 Å². The van der Waals surface area contributed by atoms with Gasteiger partial charge >= 0.3 is 0 Å². The van der Waals surface area contributed by atoms with Crippen molar-refractivity contribution in [1.82, 2.24) is 19.4 Å². The standard InChI is InChI=1S/C22H28N6O/c1-18-3-4-19(15-23)21(25-18)27-12-7-22(8-13-27)6-5-20(29)28(16-22)11-2-10-26-14-9-24-17-26/h3-4,9,14,17H,2,5-8,10-13,16H2,1H3. The number of piperidine rings is 2. The predicted octanol–water partition coefficient (Wildman–Crippen LogP) is 2.76. The number of pyridine rings is 1. The Kier molecular flexibility index (Phi) is 5.52. The molecule has 1 spiro atoms. The summed E-state index contributed by atoms with van der Waals surface area (Å²) in [7, 11) is 0. The van der Waals surface area contributed by atoms with Crippen LogP contribution < -0.4 is 4.90 Å². The number of carbonyl (C=O) groups excluding carboxylic acids is 1. The summed E-state index contributed by atoms with van der Waals surface area (Å²) in [5.74, 6) is 1.10. The van der Waals surface area contributed by atoms with Gasteiger partial charge in [-0.15, -0.1) is 0 Å². The predicted molar refractivity (Wildman–Crippen MR) is 110 cm³/mol. The molecular weight excluding hydrogens is 364 g/mol. The van der Waals surface area contributed by atoms with E-state index in [2.05, 4.69) is 30.4 Å². The number of aryl methyl sites for hydroxylation is 2. The van der Waals surface area contributed by atoms with Crippen molar-refractivity contribution in [2.45, 2.75) is 45.6 Å². The van der Waals surface area contributed by atoms with Gasteiger partial charge in [-0.25, -0.2) is 9.97 Å². The van der Waals surface area contributed by atoms with Gasteiger partial charge in [0.2, 0.25) is 5.91 Å². The van der Waals surface area contributed by atoms with E-state index in [1.54, 1.807) is 6.20 Å². The summed E-state index contributed by atoms with van der Waals surface area (Å²) in [6.07, 6.45) is 10.2. The molecule has 0 aliphatic carbocycles. The van der Waals surface area contributed by atoms with Crippen LogP contribution in [0.25, 0.3) is 0 Å². The highest BCUT2D eigenvalue weighted by Gasteiger charge is 2.41. The number of anilines is 1. The molecule has 4 heterocycles. The molecule has 7 nitrogen and oxygen atoms in total. The van der Waals surface area contributed by atoms with Crippen LogP contribution >= 0.6 is 0 Å². The van der Waals surface area contributed by atoms with Gasteiger partial charge in [-0.2, -0.15) is 5.26 Å². The lowest BCUT2D eigenvalue weighted by atomic mass is 9.72. The molecule has 2 aliphatic rings. The van der Waals surface area contributed by atoms with Gasteiger partial charge in [-0.1, -0.05) is 0 Å². The average molecular weight is 393 g/mol. The van der Waals surface area contributed by atoms with Gasteiger partial charge in [-0.3, -0.25) is 4.79 Å². The number of likely N-dealkylation sites (tertiary alicyclic amines) is 1. The smallest absolute Gasteiger partial charge is 0.222 e. The lowest BCUT2D eigenvalue weighted by Gasteiger charge is -2.47. The number of nitriles is 1. The lowest BCUT2D eigenvalue weighted by Crippen LogP contribution is -2.52. The number of hydrogen-bond acceptors (Lipinski definition) is 5. The van der Waals surface area contributed by atoms with Crippen LogP contribution in [0.5, 0.6) is 0 Å². The van der Waals surface area contributed by atoms with Gasteiger partial charge in [0.05, 0.1) is 11.9 Å². The zero-order chi connectivity index (χ0) is 20.3. The quantitative estimate of drug-likeness (QED) is 0.782. The average Bonchev–Trinajstić information content (AvgIpc) is 3.25. The van der Waals surface area contributed by atoms with E-state index in [1.165, 1.54) is 0 Å². The number of nitrogens with zero attached hydrogens (tertiary/aromatic N) is 6. The molecule has 0 saturated carbocycles. The van der Waals surface area contributed by atoms with E-state index in [0.717, 1.165) is 69.9 Å². The van der Waals surface area contributed by atoms with E-state index >= 15 is 0 Å². The zero-order valence-corrected chi connectivity index (χ0v) is 17.0. The molecular formula is C22H28N6O. The van der Waals surface area contributed by atoms with Gasteiger partial charge in [0.25, 0.3) is 0 Å². The van der Waals surface area contributed by atoms with E-state index < -0.39 is 0 Å². The van der Waals surface area contributed by atoms with Crippen LogP contribution in [0.4, 0.5) is 5.82 Å². The maximum atomic E-state index is 12.5. The van der Waals surface area contributed by atoms with Crippen molar-refractivity contribution in [3.63, 3.8) is 0 Å². The summed E-state index contributed by atoms with van der Waals surface area (Å²) < 4.78 is 2.06. The van der Waals surface area contributed by atoms with Crippen LogP contribution in [0.1, 0.15) is 43.4 Å². The summed E-state index contributed by atoms with van der Waals surface area (Å²) in [6.45, 7) is 6.30. The molecule has 2 aliphatic heterocycles. The van der Waals surface area contributed by atoms with E-state index in [0.29, 0.717) is 12.0 Å². The number of carbonyl (C=O) groups is 1. The monoisotopic (exact) mass is 392 g/mol. The second-order valence-corrected chi connectivity index (χ2v) is 8.39. The molecule has 0 bridgehead atoms. The van der Waals surface area contributed by atoms with Gasteiger partial charge in [0, 0.05) is 57.2 Å². The zero-order valence-electron chi connectivity index (χ0n) is 17.0. The largest absolute Gasteiger partial charge is 0.355 e. The Bertz CT molecular complexity index is 893. The molecule has 1 amide bonds. The van der Waals surface area contributed by atoms with Gasteiger partial charge in [0.15, 0.2) is 0 Å². The molecule has 0 unspecified atom stereocenters. The van der Waals surface area contributed by atoms with Crippen LogP contribution in [0, 0.1) is 23.7 Å². The summed E-state index contributed by atoms with van der Waals surface area (Å²) >= 11 is 0. The molecule has 152 valence electrons. The highest BCUT2D eigenvalue weighted by Crippen LogP contribution is 2.41. The minimum Gasteiger partial charge on any atom is -0.355 e. The highest BCUT2D eigenvalue weighted by molar-refractivity contribution is 5.77. The first-order valence-corrected chi connectivity index (χ1v) is 10.4. The molecule has 2 aromatic heterocycles. The van der Waals surface area contributed by atoms with Gasteiger partial charge in [0.1, 0.15) is 11.9 Å². The fourth-order valence-electron chi connectivity index (χ4n) is 4.64. The Balaban J connectivity index is 1.36. The van der Waals surface area contributed by atoms with Crippen LogP contribution in [0.15, 0.2) is 30.9 Å². The second kappa shape index (κ2) is 8.24. The Hall–Kier alpha value is -2.88. The molecule has 0 radical (unpaired) electrons. The summed E-state index contributed by atoms with van der Waals surface area (Å²) in [6, 6.07) is 6.03. The van der Waals surface area contributed by atoms with Crippen LogP contribution in [0.2, 0.25) is 0 Å². The number of amides is 1. The van der Waals surface area contributed by atoms with Crippen molar-refractivity contribution < 1.29 is 4.79 Å². The lowest BCUT2D eigenvalue weighted by molar-refractivity contribution is -0.138. The molecule has 2 saturated heterocycles. The topological polar surface area (TPSA) is 78.0 Å². The van der Waals surface area contributed by atoms with Gasteiger partial charge < -0.3 is 14.4 Å². The third kappa shape index (κ3) is 4.26. The van der Waals surface area contributed by atoms with Crippen molar-refractivity contribution in [3.8, 4) is 6.07 Å². The Morgan fingerprint density at radius 1 is 1.21 bits per heavy atom. The normalized spacial score (nSPS) is 18.8. The summed E-state index contributed by atoms with van der Waals surface area (Å²) in [4.78, 5) is 25.5. The summed E-state index contributed by atoms with van der Waals surface area (Å²) in [5.41, 5.74) is 1.79. The minimum absolute atomic E-state index is 0.204. The van der Waals surface area contributed by atoms with Crippen molar-refractivity contribution in [3.05, 3.63) is 42.1 Å². The first-order valence-electron chi connectivity index (χ1n) is 10.4. The van der Waals surface area contributed by atoms with Crippen molar-refractivity contribution in [1.29, 1.82) is 5.26 Å². The highest BCUT2D eigenvalue weighted by atomic mass is 16.2. The van der Waals surface area contributed by atoms with Crippen molar-refractivity contribution in [2.75, 3.05) is 31.1 Å². The van der Waals surface area contributed by atoms with Crippen LogP contribution in [-0.4, -0.2) is 51.5 Å². The summed E-state index contributed by atoms with van der Waals surface area (Å²) in [5, 5.41) is 9.43. The first kappa shape index (κ1) is 19.4. The molecule has 29 heavy (non-hydrogen) atoms. The number of imidazole rings is 1. The number of hydrogen-bond donors (Lipinski definition) is 0. The maximum Gasteiger partial charge on any atom is 0.222 e. The fraction of sp³-hybridized carbons (Fsp3) is 0.545. The van der Waals surface area contributed by atoms with Crippen molar-refractivity contribution in [2.24, 2.45) is 5.41 Å². The van der Waals surface area contributed by atoms with Crippen LogP contribution in [0.3, 0.4) is 0 Å². The van der Waals surface area contributed by atoms with E-state index in [-0.39, 0.29) is 11.3 Å². The van der Waals surface area contributed by atoms with Crippen LogP contribution in [-0.2, 0) is 11.3 Å². The molecule has 2 fully saturated rings. The number of rotatable bonds is 5. The first-order chi connectivity index (χ1) is 14.1. The molecule has 0 N–H and O–H groups in total. The van der Waals surface area contributed by atoms with E-state index in [9.17, 15) is 10.1 Å². The third-order valence-electron chi connectivity index (χ3n) is 6.41. The van der Waals surface area contributed by atoms with E-state index in [1.807, 2.05) is 31.6 Å². The molecule has 2 aromatic rings. The molecule has 0 atom stereocenters. The Morgan fingerprint density at radius 3 is 2.76 bits per heavy atom. The molecule has 4 rings (SSSR count). The Labute approximate surface area is 172 Å². The van der Waals surface area contributed by atoms with E-state index in [4.69, 9.17) is 0 Å². The maximum absolute atomic E-state index is 12.5. The second-order valence-electron chi connectivity index (χ2n) is 8.39. The molecule has 0 aromatic carbocycles. The fourth-order valence-corrected chi connectivity index (χ4v) is 4.64. The Morgan fingerprint density at radius 2 is 2.03 bits per heavy atom. The minimum atomic E-state index is 0.204. The SMILES string of the molecule is Cc1ccc(C#N)c(N2CCC3(CCC(=O)N(CCCn4ccnc4)C3)CC2)n1. The van der Waals surface area contributed by atoms with Gasteiger partial charge in [-0.05, 0) is 50.2 Å².